The van der Waals surface area contributed by atoms with Gasteiger partial charge >= 0.3 is 0 Å². The predicted molar refractivity (Wildman–Crippen MR) is 63.9 cm³/mol. The number of nitrogens with one attached hydrogen (secondary N) is 1. The van der Waals surface area contributed by atoms with Crippen molar-refractivity contribution in [2.24, 2.45) is 0 Å². The Labute approximate surface area is 94.8 Å². The molecule has 0 amide bonds. The third-order valence-corrected chi connectivity index (χ3v) is 4.45. The number of hydrogen-bond acceptors (Lipinski definition) is 4. The average Bonchev–Trinajstić information content (AvgIpc) is 2.44. The van der Waals surface area contributed by atoms with Gasteiger partial charge < -0.3 is 0 Å². The zero-order valence-electron chi connectivity index (χ0n) is 9.20. The maximum Gasteiger partial charge on any atom is 0.234 e. The van der Waals surface area contributed by atoms with Gasteiger partial charge in [0.1, 0.15) is 0 Å². The second-order valence-corrected chi connectivity index (χ2v) is 6.34. The molecule has 0 saturated carbocycles. The summed E-state index contributed by atoms with van der Waals surface area (Å²) in [6.07, 6.45) is 1.44. The Morgan fingerprint density at radius 2 is 2.07 bits per heavy atom. The molecule has 4 nitrogen and oxygen atoms in total. The number of aryl methyl sites for hydroxylation is 2. The van der Waals surface area contributed by atoms with E-state index in [0.29, 0.717) is 11.6 Å². The van der Waals surface area contributed by atoms with Crippen molar-refractivity contribution in [3.05, 3.63) is 10.6 Å². The van der Waals surface area contributed by atoms with E-state index in [1.54, 1.807) is 0 Å². The lowest BCUT2D eigenvalue weighted by Gasteiger charge is -2.01. The molecule has 1 aromatic heterocycles. The fourth-order valence-corrected chi connectivity index (χ4v) is 3.50. The topological polar surface area (TPSA) is 59.1 Å². The van der Waals surface area contributed by atoms with Crippen LogP contribution in [0.3, 0.4) is 0 Å². The van der Waals surface area contributed by atoms with Crippen molar-refractivity contribution >= 4 is 26.5 Å². The van der Waals surface area contributed by atoms with Gasteiger partial charge in [-0.15, -0.1) is 11.3 Å². The van der Waals surface area contributed by atoms with E-state index in [1.807, 2.05) is 20.8 Å². The fraction of sp³-hybridized carbons (Fsp3) is 0.667. The van der Waals surface area contributed by atoms with Crippen LogP contribution in [0.2, 0.25) is 0 Å². The van der Waals surface area contributed by atoms with Crippen LogP contribution in [0.25, 0.3) is 0 Å². The monoisotopic (exact) mass is 248 g/mol. The standard InChI is InChI=1S/C9H16N2O2S2/c1-4-6-15(12,13)11-9-10-8(5-2)7(3)14-9/h4-6H2,1-3H3,(H,10,11). The van der Waals surface area contributed by atoms with E-state index in [2.05, 4.69) is 9.71 Å². The van der Waals surface area contributed by atoms with Gasteiger partial charge in [-0.25, -0.2) is 13.4 Å². The average molecular weight is 248 g/mol. The highest BCUT2D eigenvalue weighted by molar-refractivity contribution is 7.92. The minimum Gasteiger partial charge on any atom is -0.259 e. The van der Waals surface area contributed by atoms with Crippen LogP contribution >= 0.6 is 11.3 Å². The minimum atomic E-state index is -3.20. The second-order valence-electron chi connectivity index (χ2n) is 3.30. The molecule has 1 heterocycles. The highest BCUT2D eigenvalue weighted by Crippen LogP contribution is 2.23. The quantitative estimate of drug-likeness (QED) is 0.868. The summed E-state index contributed by atoms with van der Waals surface area (Å²) in [5.41, 5.74) is 0.967. The van der Waals surface area contributed by atoms with Crippen LogP contribution in [-0.4, -0.2) is 19.2 Å². The van der Waals surface area contributed by atoms with Crippen molar-refractivity contribution in [1.82, 2.24) is 4.98 Å². The molecule has 0 aliphatic carbocycles. The first kappa shape index (κ1) is 12.4. The summed E-state index contributed by atoms with van der Waals surface area (Å²) >= 11 is 1.39. The van der Waals surface area contributed by atoms with E-state index in [9.17, 15) is 8.42 Å². The predicted octanol–water partition coefficient (Wildman–Crippen LogP) is 2.17. The highest BCUT2D eigenvalue weighted by atomic mass is 32.2. The first-order chi connectivity index (χ1) is 6.98. The molecule has 6 heteroatoms. The van der Waals surface area contributed by atoms with Crippen LogP contribution in [0.15, 0.2) is 0 Å². The van der Waals surface area contributed by atoms with Crippen LogP contribution in [0.1, 0.15) is 30.8 Å². The third kappa shape index (κ3) is 3.46. The summed E-state index contributed by atoms with van der Waals surface area (Å²) in [6.45, 7) is 5.80. The van der Waals surface area contributed by atoms with Gasteiger partial charge in [0.25, 0.3) is 0 Å². The molecule has 1 rings (SSSR count). The molecule has 1 aromatic rings. The minimum absolute atomic E-state index is 0.146. The molecule has 0 spiro atoms. The maximum absolute atomic E-state index is 11.5. The van der Waals surface area contributed by atoms with Gasteiger partial charge in [0.05, 0.1) is 11.4 Å². The smallest absolute Gasteiger partial charge is 0.234 e. The van der Waals surface area contributed by atoms with Crippen LogP contribution in [0.5, 0.6) is 0 Å². The van der Waals surface area contributed by atoms with Crippen molar-refractivity contribution in [2.45, 2.75) is 33.6 Å². The first-order valence-electron chi connectivity index (χ1n) is 4.95. The van der Waals surface area contributed by atoms with E-state index in [1.165, 1.54) is 11.3 Å². The first-order valence-corrected chi connectivity index (χ1v) is 7.42. The Morgan fingerprint density at radius 1 is 1.40 bits per heavy atom. The summed E-state index contributed by atoms with van der Waals surface area (Å²) in [5, 5.41) is 0.484. The molecule has 0 aliphatic rings. The number of aromatic nitrogens is 1. The van der Waals surface area contributed by atoms with Crippen LogP contribution in [-0.2, 0) is 16.4 Å². The summed E-state index contributed by atoms with van der Waals surface area (Å²) in [6, 6.07) is 0. The van der Waals surface area contributed by atoms with Crippen molar-refractivity contribution in [3.8, 4) is 0 Å². The van der Waals surface area contributed by atoms with Gasteiger partial charge in [-0.2, -0.15) is 0 Å². The molecule has 0 bridgehead atoms. The van der Waals surface area contributed by atoms with Crippen LogP contribution in [0, 0.1) is 6.92 Å². The Hall–Kier alpha value is -0.620. The molecular weight excluding hydrogens is 232 g/mol. The van der Waals surface area contributed by atoms with Gasteiger partial charge in [-0.1, -0.05) is 13.8 Å². The highest BCUT2D eigenvalue weighted by Gasteiger charge is 2.12. The van der Waals surface area contributed by atoms with E-state index >= 15 is 0 Å². The van der Waals surface area contributed by atoms with Crippen molar-refractivity contribution in [1.29, 1.82) is 0 Å². The lowest BCUT2D eigenvalue weighted by Crippen LogP contribution is -2.15. The Morgan fingerprint density at radius 3 is 2.53 bits per heavy atom. The lowest BCUT2D eigenvalue weighted by molar-refractivity contribution is 0.600. The van der Waals surface area contributed by atoms with Gasteiger partial charge in [0.2, 0.25) is 10.0 Å². The summed E-state index contributed by atoms with van der Waals surface area (Å²) in [5.74, 6) is 0.146. The normalized spacial score (nSPS) is 11.7. The zero-order chi connectivity index (χ0) is 11.5. The molecule has 0 unspecified atom stereocenters. The van der Waals surface area contributed by atoms with Gasteiger partial charge in [-0.3, -0.25) is 4.72 Å². The largest absolute Gasteiger partial charge is 0.259 e. The maximum atomic E-state index is 11.5. The molecule has 0 aliphatic heterocycles. The fourth-order valence-electron chi connectivity index (χ4n) is 1.25. The number of anilines is 1. The Balaban J connectivity index is 2.81. The van der Waals surface area contributed by atoms with Crippen LogP contribution in [0.4, 0.5) is 5.13 Å². The zero-order valence-corrected chi connectivity index (χ0v) is 10.8. The number of thiazole rings is 1. The Bertz CT molecular complexity index is 423. The number of sulfonamides is 1. The van der Waals surface area contributed by atoms with Crippen molar-refractivity contribution in [2.75, 3.05) is 10.5 Å². The number of hydrogen-bond donors (Lipinski definition) is 1. The molecule has 1 N–H and O–H groups in total. The van der Waals surface area contributed by atoms with E-state index < -0.39 is 10.0 Å². The molecule has 0 aromatic carbocycles. The summed E-state index contributed by atoms with van der Waals surface area (Å²) < 4.78 is 25.4. The molecule has 0 saturated heterocycles. The number of nitrogens with zero attached hydrogens (tertiary/aromatic N) is 1. The van der Waals surface area contributed by atoms with Crippen LogP contribution < -0.4 is 4.72 Å². The molecule has 0 atom stereocenters. The van der Waals surface area contributed by atoms with Gasteiger partial charge in [0, 0.05) is 4.88 Å². The third-order valence-electron chi connectivity index (χ3n) is 1.94. The molecule has 0 fully saturated rings. The van der Waals surface area contributed by atoms with Crippen molar-refractivity contribution in [3.63, 3.8) is 0 Å². The molecule has 0 radical (unpaired) electrons. The van der Waals surface area contributed by atoms with Gasteiger partial charge in [0.15, 0.2) is 5.13 Å². The van der Waals surface area contributed by atoms with E-state index in [4.69, 9.17) is 0 Å². The molecular formula is C9H16N2O2S2. The Kier molecular flexibility index (Phi) is 4.10. The lowest BCUT2D eigenvalue weighted by atomic mass is 10.3. The van der Waals surface area contributed by atoms with E-state index in [0.717, 1.165) is 17.0 Å². The number of rotatable bonds is 5. The second kappa shape index (κ2) is 4.94. The molecule has 86 valence electrons. The van der Waals surface area contributed by atoms with Crippen molar-refractivity contribution < 1.29 is 8.42 Å². The van der Waals surface area contributed by atoms with Gasteiger partial charge in [-0.05, 0) is 19.8 Å². The SMILES string of the molecule is CCCS(=O)(=O)Nc1nc(CC)c(C)s1. The molecule has 15 heavy (non-hydrogen) atoms. The van der Waals surface area contributed by atoms with E-state index in [-0.39, 0.29) is 5.75 Å². The summed E-state index contributed by atoms with van der Waals surface area (Å²) in [7, 11) is -3.20. The summed E-state index contributed by atoms with van der Waals surface area (Å²) in [4.78, 5) is 5.30.